The van der Waals surface area contributed by atoms with E-state index in [1.54, 1.807) is 39.0 Å². The van der Waals surface area contributed by atoms with Gasteiger partial charge in [-0.25, -0.2) is 4.79 Å². The number of hydrogen-bond acceptors (Lipinski definition) is 3. The number of aliphatic hydroxyl groups is 1. The van der Waals surface area contributed by atoms with Gasteiger partial charge in [0.15, 0.2) is 0 Å². The maximum atomic E-state index is 12.5. The Morgan fingerprint density at radius 3 is 2.04 bits per heavy atom. The van der Waals surface area contributed by atoms with Gasteiger partial charge in [0.05, 0.1) is 5.57 Å². The Balaban J connectivity index is 2.39. The summed E-state index contributed by atoms with van der Waals surface area (Å²) < 4.78 is 5.45. The van der Waals surface area contributed by atoms with Crippen LogP contribution in [0.2, 0.25) is 0 Å². The summed E-state index contributed by atoms with van der Waals surface area (Å²) in [6, 6.07) is 18.5. The van der Waals surface area contributed by atoms with Gasteiger partial charge >= 0.3 is 5.97 Å². The van der Waals surface area contributed by atoms with E-state index in [1.807, 2.05) is 48.5 Å². The Kier molecular flexibility index (Phi) is 5.35. The maximum absolute atomic E-state index is 12.5. The van der Waals surface area contributed by atoms with Crippen molar-refractivity contribution in [2.45, 2.75) is 32.5 Å². The molecule has 0 unspecified atom stereocenters. The second-order valence-electron chi connectivity index (χ2n) is 6.33. The Morgan fingerprint density at radius 1 is 1.00 bits per heavy atom. The number of hydrogen-bond donors (Lipinski definition) is 1. The van der Waals surface area contributed by atoms with Gasteiger partial charge in [-0.15, -0.1) is 0 Å². The number of rotatable bonds is 4. The summed E-state index contributed by atoms with van der Waals surface area (Å²) in [5, 5.41) is 10.6. The van der Waals surface area contributed by atoms with E-state index in [-0.39, 0.29) is 5.57 Å². The molecule has 0 fully saturated rings. The molecule has 0 heterocycles. The first-order chi connectivity index (χ1) is 10.9. The number of aliphatic hydroxyl groups excluding tert-OH is 1. The fraction of sp³-hybridized carbons (Fsp3) is 0.250. The molecule has 0 saturated carbocycles. The zero-order valence-corrected chi connectivity index (χ0v) is 13.7. The lowest BCUT2D eigenvalue weighted by Gasteiger charge is -2.22. The first-order valence-corrected chi connectivity index (χ1v) is 7.60. The molecule has 0 bridgehead atoms. The molecule has 1 atom stereocenters. The van der Waals surface area contributed by atoms with Crippen LogP contribution in [0.4, 0.5) is 0 Å². The molecule has 3 nitrogen and oxygen atoms in total. The van der Waals surface area contributed by atoms with E-state index >= 15 is 0 Å². The third-order valence-electron chi connectivity index (χ3n) is 3.17. The number of esters is 1. The lowest BCUT2D eigenvalue weighted by atomic mass is 9.99. The molecule has 2 rings (SSSR count). The highest BCUT2D eigenvalue weighted by atomic mass is 16.6. The maximum Gasteiger partial charge on any atom is 0.337 e. The van der Waals surface area contributed by atoms with E-state index in [4.69, 9.17) is 4.74 Å². The van der Waals surface area contributed by atoms with Gasteiger partial charge in [0.25, 0.3) is 0 Å². The van der Waals surface area contributed by atoms with Crippen LogP contribution < -0.4 is 0 Å². The summed E-state index contributed by atoms with van der Waals surface area (Å²) in [6.45, 7) is 5.42. The fourth-order valence-corrected chi connectivity index (χ4v) is 2.13. The van der Waals surface area contributed by atoms with E-state index in [9.17, 15) is 9.90 Å². The van der Waals surface area contributed by atoms with Crippen molar-refractivity contribution in [3.63, 3.8) is 0 Å². The predicted molar refractivity (Wildman–Crippen MR) is 91.7 cm³/mol. The summed E-state index contributed by atoms with van der Waals surface area (Å²) >= 11 is 0. The molecular formula is C20H22O3. The van der Waals surface area contributed by atoms with Gasteiger partial charge in [-0.2, -0.15) is 0 Å². The summed E-state index contributed by atoms with van der Waals surface area (Å²) in [5.41, 5.74) is 1.09. The normalized spacial score (nSPS) is 13.5. The van der Waals surface area contributed by atoms with Crippen LogP contribution in [0.5, 0.6) is 0 Å². The van der Waals surface area contributed by atoms with Crippen molar-refractivity contribution < 1.29 is 14.6 Å². The average Bonchev–Trinajstić information content (AvgIpc) is 2.52. The van der Waals surface area contributed by atoms with E-state index in [2.05, 4.69) is 0 Å². The van der Waals surface area contributed by atoms with Gasteiger partial charge in [-0.05, 0) is 38.0 Å². The van der Waals surface area contributed by atoms with Crippen molar-refractivity contribution in [3.8, 4) is 0 Å². The van der Waals surface area contributed by atoms with Crippen molar-refractivity contribution in [1.29, 1.82) is 0 Å². The van der Waals surface area contributed by atoms with Crippen LogP contribution in [0.25, 0.3) is 6.08 Å². The molecule has 1 N–H and O–H groups in total. The lowest BCUT2D eigenvalue weighted by Crippen LogP contribution is -2.26. The smallest absolute Gasteiger partial charge is 0.337 e. The highest BCUT2D eigenvalue weighted by Gasteiger charge is 2.25. The highest BCUT2D eigenvalue weighted by Crippen LogP contribution is 2.26. The van der Waals surface area contributed by atoms with Crippen LogP contribution in [-0.4, -0.2) is 16.7 Å². The van der Waals surface area contributed by atoms with Crippen molar-refractivity contribution in [1.82, 2.24) is 0 Å². The van der Waals surface area contributed by atoms with Crippen LogP contribution in [0.3, 0.4) is 0 Å². The quantitative estimate of drug-likeness (QED) is 0.682. The standard InChI is InChI=1S/C20H22O3/c1-20(2,3)23-19(22)17(14-15-10-6-4-7-11-15)18(21)16-12-8-5-9-13-16/h4-14,18,21H,1-3H3/b17-14+/t18-/m1/s1. The number of ether oxygens (including phenoxy) is 1. The number of benzene rings is 2. The first kappa shape index (κ1) is 17.0. The van der Waals surface area contributed by atoms with Crippen LogP contribution in [0.1, 0.15) is 38.0 Å². The zero-order chi connectivity index (χ0) is 16.9. The largest absolute Gasteiger partial charge is 0.457 e. The zero-order valence-electron chi connectivity index (χ0n) is 13.7. The second-order valence-corrected chi connectivity index (χ2v) is 6.33. The van der Waals surface area contributed by atoms with E-state index in [1.165, 1.54) is 0 Å². The molecule has 0 amide bonds. The van der Waals surface area contributed by atoms with E-state index < -0.39 is 17.7 Å². The minimum atomic E-state index is -1.04. The molecule has 0 aliphatic heterocycles. The minimum absolute atomic E-state index is 0.220. The monoisotopic (exact) mass is 310 g/mol. The van der Waals surface area contributed by atoms with Crippen molar-refractivity contribution in [2.24, 2.45) is 0 Å². The number of carbonyl (C=O) groups excluding carboxylic acids is 1. The molecule has 2 aromatic carbocycles. The van der Waals surface area contributed by atoms with Crippen molar-refractivity contribution >= 4 is 12.0 Å². The van der Waals surface area contributed by atoms with Gasteiger partial charge in [0.2, 0.25) is 0 Å². The number of carbonyl (C=O) groups is 1. The van der Waals surface area contributed by atoms with Gasteiger partial charge in [-0.1, -0.05) is 60.7 Å². The molecule has 0 aliphatic rings. The highest BCUT2D eigenvalue weighted by molar-refractivity contribution is 5.95. The Morgan fingerprint density at radius 2 is 1.52 bits per heavy atom. The van der Waals surface area contributed by atoms with Crippen LogP contribution in [0.15, 0.2) is 66.2 Å². The Labute approximate surface area is 137 Å². The topological polar surface area (TPSA) is 46.5 Å². The van der Waals surface area contributed by atoms with E-state index in [0.717, 1.165) is 5.56 Å². The summed E-state index contributed by atoms with van der Waals surface area (Å²) in [6.07, 6.45) is 0.636. The molecular weight excluding hydrogens is 288 g/mol. The van der Waals surface area contributed by atoms with Crippen LogP contribution >= 0.6 is 0 Å². The minimum Gasteiger partial charge on any atom is -0.457 e. The fourth-order valence-electron chi connectivity index (χ4n) is 2.13. The molecule has 0 saturated heterocycles. The van der Waals surface area contributed by atoms with Crippen LogP contribution in [-0.2, 0) is 9.53 Å². The molecule has 2 aromatic rings. The van der Waals surface area contributed by atoms with Crippen LogP contribution in [0, 0.1) is 0 Å². The molecule has 0 radical (unpaired) electrons. The van der Waals surface area contributed by atoms with Gasteiger partial charge in [0, 0.05) is 0 Å². The third-order valence-corrected chi connectivity index (χ3v) is 3.17. The second kappa shape index (κ2) is 7.25. The molecule has 0 spiro atoms. The van der Waals surface area contributed by atoms with Gasteiger partial charge < -0.3 is 9.84 Å². The van der Waals surface area contributed by atoms with E-state index in [0.29, 0.717) is 5.56 Å². The molecule has 3 heteroatoms. The summed E-state index contributed by atoms with van der Waals surface area (Å²) in [7, 11) is 0. The summed E-state index contributed by atoms with van der Waals surface area (Å²) in [4.78, 5) is 12.5. The molecule has 0 aliphatic carbocycles. The predicted octanol–water partition coefficient (Wildman–Crippen LogP) is 4.15. The first-order valence-electron chi connectivity index (χ1n) is 7.60. The molecule has 23 heavy (non-hydrogen) atoms. The average molecular weight is 310 g/mol. The van der Waals surface area contributed by atoms with Gasteiger partial charge in [0.1, 0.15) is 11.7 Å². The van der Waals surface area contributed by atoms with Gasteiger partial charge in [-0.3, -0.25) is 0 Å². The Bertz CT molecular complexity index is 667. The third kappa shape index (κ3) is 5.08. The summed E-state index contributed by atoms with van der Waals surface area (Å²) in [5.74, 6) is -0.516. The lowest BCUT2D eigenvalue weighted by molar-refractivity contribution is -0.151. The van der Waals surface area contributed by atoms with Crippen molar-refractivity contribution in [3.05, 3.63) is 77.4 Å². The molecule has 0 aromatic heterocycles. The Hall–Kier alpha value is -2.39. The SMILES string of the molecule is CC(C)(C)OC(=O)/C(=C/c1ccccc1)[C@H](O)c1ccccc1. The van der Waals surface area contributed by atoms with Crippen molar-refractivity contribution in [2.75, 3.05) is 0 Å². The molecule has 120 valence electrons.